The van der Waals surface area contributed by atoms with Crippen LogP contribution in [0.5, 0.6) is 0 Å². The summed E-state index contributed by atoms with van der Waals surface area (Å²) in [4.78, 5) is 31.9. The lowest BCUT2D eigenvalue weighted by Gasteiger charge is -2.31. The first kappa shape index (κ1) is 19.9. The number of aromatic nitrogens is 2. The number of hydrogen-bond acceptors (Lipinski definition) is 5. The van der Waals surface area contributed by atoms with Gasteiger partial charge in [-0.25, -0.2) is 9.37 Å². The fourth-order valence-electron chi connectivity index (χ4n) is 3.97. The van der Waals surface area contributed by atoms with Crippen LogP contribution in [0.2, 0.25) is 0 Å². The molecule has 32 heavy (non-hydrogen) atoms. The molecular weight excluding hydrogens is 411 g/mol. The largest absolute Gasteiger partial charge is 0.336 e. The van der Waals surface area contributed by atoms with Gasteiger partial charge in [0.15, 0.2) is 0 Å². The van der Waals surface area contributed by atoms with E-state index in [0.29, 0.717) is 40.2 Å². The van der Waals surface area contributed by atoms with Gasteiger partial charge in [-0.15, -0.1) is 0 Å². The molecule has 5 rings (SSSR count). The topological polar surface area (TPSA) is 88.3 Å². The first-order chi connectivity index (χ1) is 15.5. The number of aryl methyl sites for hydroxylation is 1. The van der Waals surface area contributed by atoms with Crippen molar-refractivity contribution in [1.29, 1.82) is 0 Å². The van der Waals surface area contributed by atoms with E-state index in [9.17, 15) is 14.0 Å². The first-order valence-electron chi connectivity index (χ1n) is 10.2. The molecule has 0 unspecified atom stereocenters. The molecular formula is C24H19FN4O3. The molecule has 8 heteroatoms. The number of nitrogens with one attached hydrogen (secondary N) is 1. The zero-order valence-electron chi connectivity index (χ0n) is 17.3. The molecule has 2 aromatic carbocycles. The normalized spacial score (nSPS) is 13.1. The summed E-state index contributed by atoms with van der Waals surface area (Å²) in [5, 5.41) is 7.49. The van der Waals surface area contributed by atoms with Crippen molar-refractivity contribution in [2.75, 3.05) is 16.8 Å². The summed E-state index contributed by atoms with van der Waals surface area (Å²) in [5.74, 6) is -0.913. The molecule has 1 aliphatic rings. The number of amides is 2. The Labute approximate surface area is 182 Å². The zero-order chi connectivity index (χ0) is 22.2. The highest BCUT2D eigenvalue weighted by molar-refractivity contribution is 6.09. The summed E-state index contributed by atoms with van der Waals surface area (Å²) in [5.41, 5.74) is 4.14. The lowest BCUT2D eigenvalue weighted by atomic mass is 9.98. The minimum absolute atomic E-state index is 0.178. The number of nitrogens with zero attached hydrogens (tertiary/aromatic N) is 3. The SMILES string of the molecule is Cc1noc2ncc(C(=O)N3CCCc4c(NC(=O)c5ccc(F)cc5)cccc43)cc12. The number of carbonyl (C=O) groups excluding carboxylic acids is 2. The van der Waals surface area contributed by atoms with Crippen molar-refractivity contribution in [1.82, 2.24) is 10.1 Å². The van der Waals surface area contributed by atoms with Gasteiger partial charge in [-0.05, 0) is 67.8 Å². The number of hydrogen-bond donors (Lipinski definition) is 1. The third-order valence-electron chi connectivity index (χ3n) is 5.61. The second kappa shape index (κ2) is 7.88. The van der Waals surface area contributed by atoms with E-state index in [1.807, 2.05) is 12.1 Å². The molecule has 1 aliphatic heterocycles. The Morgan fingerprint density at radius 2 is 1.94 bits per heavy atom. The van der Waals surface area contributed by atoms with E-state index in [1.54, 1.807) is 24.0 Å². The Morgan fingerprint density at radius 3 is 2.75 bits per heavy atom. The van der Waals surface area contributed by atoms with Gasteiger partial charge in [-0.3, -0.25) is 9.59 Å². The molecule has 0 saturated heterocycles. The van der Waals surface area contributed by atoms with Crippen LogP contribution in [0.1, 0.15) is 38.4 Å². The highest BCUT2D eigenvalue weighted by Gasteiger charge is 2.26. The van der Waals surface area contributed by atoms with Crippen LogP contribution in [0.15, 0.2) is 59.3 Å². The molecule has 0 bridgehead atoms. The molecule has 7 nitrogen and oxygen atoms in total. The summed E-state index contributed by atoms with van der Waals surface area (Å²) in [6, 6.07) is 12.6. The zero-order valence-corrected chi connectivity index (χ0v) is 17.3. The predicted octanol–water partition coefficient (Wildman–Crippen LogP) is 4.52. The maximum atomic E-state index is 13.3. The van der Waals surface area contributed by atoms with Crippen LogP contribution in [-0.2, 0) is 6.42 Å². The van der Waals surface area contributed by atoms with Gasteiger partial charge in [0.1, 0.15) is 5.82 Å². The van der Waals surface area contributed by atoms with Crippen molar-refractivity contribution in [3.05, 3.63) is 82.9 Å². The molecule has 4 aromatic rings. The first-order valence-corrected chi connectivity index (χ1v) is 10.2. The number of halogens is 1. The maximum Gasteiger partial charge on any atom is 0.259 e. The highest BCUT2D eigenvalue weighted by atomic mass is 19.1. The van der Waals surface area contributed by atoms with Crippen molar-refractivity contribution >= 4 is 34.3 Å². The number of fused-ring (bicyclic) bond motifs is 2. The second-order valence-corrected chi connectivity index (χ2v) is 7.67. The van der Waals surface area contributed by atoms with Crippen molar-refractivity contribution in [2.45, 2.75) is 19.8 Å². The Balaban J connectivity index is 1.45. The summed E-state index contributed by atoms with van der Waals surface area (Å²) >= 11 is 0. The van der Waals surface area contributed by atoms with Gasteiger partial charge >= 0.3 is 0 Å². The van der Waals surface area contributed by atoms with E-state index in [1.165, 1.54) is 30.5 Å². The Kier molecular flexibility index (Phi) is 4.89. The molecule has 0 saturated carbocycles. The standard InChI is InChI=1S/C24H19FN4O3/c1-14-19-12-16(13-26-23(19)32-28-14)24(31)29-11-3-4-18-20(5-2-6-21(18)29)27-22(30)15-7-9-17(25)10-8-15/h2,5-10,12-13H,3-4,11H2,1H3,(H,27,30). The Bertz CT molecular complexity index is 1350. The quantitative estimate of drug-likeness (QED) is 0.516. The number of anilines is 2. The Hall–Kier alpha value is -4.07. The van der Waals surface area contributed by atoms with Gasteiger partial charge in [0.25, 0.3) is 17.5 Å². The lowest BCUT2D eigenvalue weighted by Crippen LogP contribution is -2.36. The molecule has 2 amide bonds. The predicted molar refractivity (Wildman–Crippen MR) is 117 cm³/mol. The molecule has 1 N–H and O–H groups in total. The molecule has 0 radical (unpaired) electrons. The van der Waals surface area contributed by atoms with Gasteiger partial charge in [0, 0.05) is 29.7 Å². The molecule has 2 aromatic heterocycles. The van der Waals surface area contributed by atoms with E-state index >= 15 is 0 Å². The van der Waals surface area contributed by atoms with Crippen molar-refractivity contribution < 1.29 is 18.5 Å². The van der Waals surface area contributed by atoms with Gasteiger partial charge in [-0.1, -0.05) is 11.2 Å². The minimum atomic E-state index is -0.401. The van der Waals surface area contributed by atoms with E-state index in [4.69, 9.17) is 4.52 Å². The summed E-state index contributed by atoms with van der Waals surface area (Å²) < 4.78 is 18.3. The van der Waals surface area contributed by atoms with Gasteiger partial charge in [0.2, 0.25) is 0 Å². The van der Waals surface area contributed by atoms with Crippen LogP contribution in [-0.4, -0.2) is 28.5 Å². The van der Waals surface area contributed by atoms with Crippen molar-refractivity contribution in [2.24, 2.45) is 0 Å². The van der Waals surface area contributed by atoms with E-state index in [0.717, 1.165) is 24.1 Å². The van der Waals surface area contributed by atoms with Crippen LogP contribution >= 0.6 is 0 Å². The molecule has 160 valence electrons. The van der Waals surface area contributed by atoms with Crippen LogP contribution in [0.3, 0.4) is 0 Å². The molecule has 0 aliphatic carbocycles. The molecule has 0 atom stereocenters. The summed E-state index contributed by atoms with van der Waals surface area (Å²) in [7, 11) is 0. The maximum absolute atomic E-state index is 13.3. The smallest absolute Gasteiger partial charge is 0.259 e. The number of carbonyl (C=O) groups is 2. The van der Waals surface area contributed by atoms with Crippen molar-refractivity contribution in [3.63, 3.8) is 0 Å². The van der Waals surface area contributed by atoms with Crippen LogP contribution < -0.4 is 10.2 Å². The number of rotatable bonds is 3. The Morgan fingerprint density at radius 1 is 1.12 bits per heavy atom. The summed E-state index contributed by atoms with van der Waals surface area (Å²) in [6.45, 7) is 2.36. The third-order valence-corrected chi connectivity index (χ3v) is 5.61. The van der Waals surface area contributed by atoms with Gasteiger partial charge in [0.05, 0.1) is 16.6 Å². The monoisotopic (exact) mass is 430 g/mol. The molecule has 0 spiro atoms. The highest BCUT2D eigenvalue weighted by Crippen LogP contribution is 2.34. The average molecular weight is 430 g/mol. The number of benzene rings is 2. The lowest BCUT2D eigenvalue weighted by molar-refractivity contribution is 0.0984. The fourth-order valence-corrected chi connectivity index (χ4v) is 3.97. The van der Waals surface area contributed by atoms with Gasteiger partial charge < -0.3 is 14.7 Å². The third kappa shape index (κ3) is 3.49. The van der Waals surface area contributed by atoms with E-state index < -0.39 is 5.82 Å². The van der Waals surface area contributed by atoms with Crippen molar-refractivity contribution in [3.8, 4) is 0 Å². The minimum Gasteiger partial charge on any atom is -0.336 e. The molecule has 3 heterocycles. The molecule has 0 fully saturated rings. The number of pyridine rings is 1. The van der Waals surface area contributed by atoms with Gasteiger partial charge in [-0.2, -0.15) is 0 Å². The van der Waals surface area contributed by atoms with Crippen LogP contribution in [0, 0.1) is 12.7 Å². The summed E-state index contributed by atoms with van der Waals surface area (Å²) in [6.07, 6.45) is 2.97. The fraction of sp³-hybridized carbons (Fsp3) is 0.167. The van der Waals surface area contributed by atoms with E-state index in [2.05, 4.69) is 15.5 Å². The average Bonchev–Trinajstić information content (AvgIpc) is 3.19. The van der Waals surface area contributed by atoms with E-state index in [-0.39, 0.29) is 11.8 Å². The van der Waals surface area contributed by atoms with Crippen LogP contribution in [0.4, 0.5) is 15.8 Å². The van der Waals surface area contributed by atoms with Crippen LogP contribution in [0.25, 0.3) is 11.1 Å². The second-order valence-electron chi connectivity index (χ2n) is 7.67.